The molecule has 0 radical (unpaired) electrons. The minimum atomic E-state index is -0.637. The van der Waals surface area contributed by atoms with Crippen LogP contribution >= 0.6 is 11.8 Å². The van der Waals surface area contributed by atoms with Crippen molar-refractivity contribution in [3.8, 4) is 0 Å². The molecule has 1 saturated heterocycles. The van der Waals surface area contributed by atoms with E-state index in [1.54, 1.807) is 11.8 Å². The monoisotopic (exact) mass is 203 g/mol. The fourth-order valence-electron chi connectivity index (χ4n) is 1.83. The van der Waals surface area contributed by atoms with Gasteiger partial charge in [-0.05, 0) is 13.1 Å². The fraction of sp³-hybridized carbons (Fsp3) is 0.889. The summed E-state index contributed by atoms with van der Waals surface area (Å²) in [5, 5.41) is 8.98. The average molecular weight is 203 g/mol. The van der Waals surface area contributed by atoms with E-state index in [1.165, 1.54) is 0 Å². The lowest BCUT2D eigenvalue weighted by Crippen LogP contribution is -2.42. The van der Waals surface area contributed by atoms with Crippen molar-refractivity contribution in [1.82, 2.24) is 4.90 Å². The van der Waals surface area contributed by atoms with Gasteiger partial charge >= 0.3 is 5.97 Å². The van der Waals surface area contributed by atoms with E-state index in [0.29, 0.717) is 0 Å². The van der Waals surface area contributed by atoms with Crippen molar-refractivity contribution in [3.63, 3.8) is 0 Å². The second kappa shape index (κ2) is 4.86. The first-order valence-electron chi connectivity index (χ1n) is 4.75. The largest absolute Gasteiger partial charge is 0.481 e. The summed E-state index contributed by atoms with van der Waals surface area (Å²) in [6, 6.07) is 0.248. The quantitative estimate of drug-likeness (QED) is 0.744. The molecule has 0 aliphatic carbocycles. The molecule has 0 spiro atoms. The standard InChI is InChI=1S/C9H17NO2S/c1-3-10(4-2)8-6-13-5-7(8)9(11)12/h7-8H,3-6H2,1-2H3,(H,11,12). The minimum absolute atomic E-state index is 0.162. The summed E-state index contributed by atoms with van der Waals surface area (Å²) in [4.78, 5) is 13.2. The number of hydrogen-bond donors (Lipinski definition) is 1. The molecule has 3 nitrogen and oxygen atoms in total. The van der Waals surface area contributed by atoms with E-state index in [9.17, 15) is 4.79 Å². The van der Waals surface area contributed by atoms with Crippen molar-refractivity contribution in [3.05, 3.63) is 0 Å². The van der Waals surface area contributed by atoms with Crippen LogP contribution in [-0.4, -0.2) is 46.6 Å². The number of aliphatic carboxylic acids is 1. The molecule has 2 unspecified atom stereocenters. The molecule has 1 aliphatic rings. The van der Waals surface area contributed by atoms with Crippen LogP contribution in [0.1, 0.15) is 13.8 Å². The van der Waals surface area contributed by atoms with Crippen LogP contribution in [0.4, 0.5) is 0 Å². The molecular formula is C9H17NO2S. The van der Waals surface area contributed by atoms with Crippen molar-refractivity contribution >= 4 is 17.7 Å². The molecule has 1 heterocycles. The minimum Gasteiger partial charge on any atom is -0.481 e. The van der Waals surface area contributed by atoms with Crippen molar-refractivity contribution in [2.75, 3.05) is 24.6 Å². The van der Waals surface area contributed by atoms with Crippen LogP contribution in [-0.2, 0) is 4.79 Å². The maximum Gasteiger partial charge on any atom is 0.308 e. The molecule has 0 aromatic heterocycles. The van der Waals surface area contributed by atoms with E-state index in [1.807, 2.05) is 0 Å². The highest BCUT2D eigenvalue weighted by Gasteiger charge is 2.36. The summed E-state index contributed by atoms with van der Waals surface area (Å²) in [6.07, 6.45) is 0. The van der Waals surface area contributed by atoms with Gasteiger partial charge < -0.3 is 5.11 Å². The highest BCUT2D eigenvalue weighted by molar-refractivity contribution is 7.99. The number of rotatable bonds is 4. The molecule has 1 aliphatic heterocycles. The third-order valence-electron chi connectivity index (χ3n) is 2.65. The summed E-state index contributed by atoms with van der Waals surface area (Å²) >= 11 is 1.76. The zero-order valence-electron chi connectivity index (χ0n) is 8.19. The van der Waals surface area contributed by atoms with E-state index < -0.39 is 5.97 Å². The lowest BCUT2D eigenvalue weighted by Gasteiger charge is -2.28. The van der Waals surface area contributed by atoms with E-state index in [2.05, 4.69) is 18.7 Å². The lowest BCUT2D eigenvalue weighted by atomic mass is 10.0. The van der Waals surface area contributed by atoms with Gasteiger partial charge in [-0.2, -0.15) is 11.8 Å². The molecule has 0 amide bonds. The summed E-state index contributed by atoms with van der Waals surface area (Å²) in [5.41, 5.74) is 0. The first kappa shape index (κ1) is 10.9. The summed E-state index contributed by atoms with van der Waals surface area (Å²) in [7, 11) is 0. The van der Waals surface area contributed by atoms with Crippen LogP contribution in [0.15, 0.2) is 0 Å². The van der Waals surface area contributed by atoms with E-state index in [4.69, 9.17) is 5.11 Å². The molecule has 4 heteroatoms. The van der Waals surface area contributed by atoms with Crippen molar-refractivity contribution in [2.45, 2.75) is 19.9 Å². The Morgan fingerprint density at radius 1 is 1.46 bits per heavy atom. The van der Waals surface area contributed by atoms with Gasteiger partial charge in [-0.25, -0.2) is 0 Å². The maximum atomic E-state index is 10.9. The van der Waals surface area contributed by atoms with Crippen LogP contribution in [0.3, 0.4) is 0 Å². The van der Waals surface area contributed by atoms with Crippen molar-refractivity contribution < 1.29 is 9.90 Å². The molecule has 2 atom stereocenters. The summed E-state index contributed by atoms with van der Waals surface area (Å²) in [5.74, 6) is 0.946. The third kappa shape index (κ3) is 2.38. The number of carbonyl (C=O) groups is 1. The van der Waals surface area contributed by atoms with E-state index >= 15 is 0 Å². The summed E-state index contributed by atoms with van der Waals surface area (Å²) in [6.45, 7) is 6.08. The Balaban J connectivity index is 2.61. The molecule has 1 rings (SSSR count). The van der Waals surface area contributed by atoms with Gasteiger partial charge in [-0.1, -0.05) is 13.8 Å². The molecule has 13 heavy (non-hydrogen) atoms. The Kier molecular flexibility index (Phi) is 4.06. The van der Waals surface area contributed by atoms with E-state index in [0.717, 1.165) is 24.6 Å². The second-order valence-electron chi connectivity index (χ2n) is 3.27. The Bertz CT molecular complexity index is 182. The SMILES string of the molecule is CCN(CC)C1CSCC1C(=O)O. The number of nitrogens with zero attached hydrogens (tertiary/aromatic N) is 1. The van der Waals surface area contributed by atoms with Gasteiger partial charge in [0.15, 0.2) is 0 Å². The van der Waals surface area contributed by atoms with Crippen molar-refractivity contribution in [2.24, 2.45) is 5.92 Å². The maximum absolute atomic E-state index is 10.9. The highest BCUT2D eigenvalue weighted by atomic mass is 32.2. The Morgan fingerprint density at radius 2 is 2.08 bits per heavy atom. The Labute approximate surface area is 83.5 Å². The molecule has 76 valence electrons. The number of thioether (sulfide) groups is 1. The lowest BCUT2D eigenvalue weighted by molar-refractivity contribution is -0.142. The Hall–Kier alpha value is -0.220. The second-order valence-corrected chi connectivity index (χ2v) is 4.35. The van der Waals surface area contributed by atoms with Gasteiger partial charge in [0.05, 0.1) is 5.92 Å². The summed E-state index contributed by atoms with van der Waals surface area (Å²) < 4.78 is 0. The van der Waals surface area contributed by atoms with Crippen LogP contribution < -0.4 is 0 Å². The molecular weight excluding hydrogens is 186 g/mol. The van der Waals surface area contributed by atoms with Gasteiger partial charge in [-0.15, -0.1) is 0 Å². The topological polar surface area (TPSA) is 40.5 Å². The third-order valence-corrected chi connectivity index (χ3v) is 3.82. The normalized spacial score (nSPS) is 28.2. The average Bonchev–Trinajstić information content (AvgIpc) is 2.55. The predicted molar refractivity (Wildman–Crippen MR) is 55.2 cm³/mol. The van der Waals surface area contributed by atoms with Gasteiger partial charge in [0.25, 0.3) is 0 Å². The molecule has 1 N–H and O–H groups in total. The zero-order valence-corrected chi connectivity index (χ0v) is 9.01. The molecule has 0 saturated carbocycles. The van der Waals surface area contributed by atoms with Gasteiger partial charge in [0.1, 0.15) is 0 Å². The Morgan fingerprint density at radius 3 is 2.54 bits per heavy atom. The first-order valence-corrected chi connectivity index (χ1v) is 5.90. The molecule has 0 aromatic rings. The fourth-order valence-corrected chi connectivity index (χ4v) is 3.27. The van der Waals surface area contributed by atoms with Crippen LogP contribution in [0.2, 0.25) is 0 Å². The molecule has 1 fully saturated rings. The molecule has 0 aromatic carbocycles. The van der Waals surface area contributed by atoms with Crippen LogP contribution in [0, 0.1) is 5.92 Å². The number of carboxylic acid groups (broad SMARTS) is 1. The number of carboxylic acids is 1. The van der Waals surface area contributed by atoms with Crippen LogP contribution in [0.25, 0.3) is 0 Å². The van der Waals surface area contributed by atoms with Crippen molar-refractivity contribution in [1.29, 1.82) is 0 Å². The highest BCUT2D eigenvalue weighted by Crippen LogP contribution is 2.28. The molecule has 0 bridgehead atoms. The van der Waals surface area contributed by atoms with Gasteiger partial charge in [0, 0.05) is 17.5 Å². The van der Waals surface area contributed by atoms with Crippen LogP contribution in [0.5, 0.6) is 0 Å². The van der Waals surface area contributed by atoms with Gasteiger partial charge in [-0.3, -0.25) is 9.69 Å². The van der Waals surface area contributed by atoms with Gasteiger partial charge in [0.2, 0.25) is 0 Å². The smallest absolute Gasteiger partial charge is 0.308 e. The predicted octanol–water partition coefficient (Wildman–Crippen LogP) is 1.14. The number of hydrogen-bond acceptors (Lipinski definition) is 3. The van der Waals surface area contributed by atoms with E-state index in [-0.39, 0.29) is 12.0 Å². The first-order chi connectivity index (χ1) is 6.20. The zero-order chi connectivity index (χ0) is 9.84.